The molecule has 1 aromatic rings. The predicted molar refractivity (Wildman–Crippen MR) is 101 cm³/mol. The van der Waals surface area contributed by atoms with E-state index in [0.717, 1.165) is 19.4 Å². The molecule has 136 valence electrons. The van der Waals surface area contributed by atoms with Gasteiger partial charge < -0.3 is 10.6 Å². The Hall–Kier alpha value is -1.12. The Kier molecular flexibility index (Phi) is 7.51. The van der Waals surface area contributed by atoms with E-state index in [0.29, 0.717) is 30.9 Å². The molecule has 0 saturated heterocycles. The van der Waals surface area contributed by atoms with Crippen LogP contribution in [0.4, 0.5) is 0 Å². The zero-order valence-corrected chi connectivity index (χ0v) is 16.0. The minimum atomic E-state index is -3.22. The second-order valence-electron chi connectivity index (χ2n) is 6.30. The first-order valence-electron chi connectivity index (χ1n) is 8.44. The van der Waals surface area contributed by atoms with Crippen LogP contribution in [0, 0.1) is 5.92 Å². The van der Waals surface area contributed by atoms with E-state index in [-0.39, 0.29) is 5.75 Å². The molecule has 1 atom stereocenters. The largest absolute Gasteiger partial charge is 0.356 e. The second kappa shape index (κ2) is 9.39. The maximum atomic E-state index is 12.0. The van der Waals surface area contributed by atoms with Crippen LogP contribution < -0.4 is 15.4 Å². The van der Waals surface area contributed by atoms with Crippen molar-refractivity contribution in [2.45, 2.75) is 32.1 Å². The number of sulfonamides is 1. The summed E-state index contributed by atoms with van der Waals surface area (Å²) in [6.07, 6.45) is 3.50. The number of hydrogen-bond donors (Lipinski definition) is 3. The molecule has 8 heteroatoms. The molecule has 0 aliphatic heterocycles. The Morgan fingerprint density at radius 3 is 2.79 bits per heavy atom. The van der Waals surface area contributed by atoms with E-state index in [1.54, 1.807) is 18.4 Å². The lowest BCUT2D eigenvalue weighted by Crippen LogP contribution is -2.42. The van der Waals surface area contributed by atoms with Crippen molar-refractivity contribution >= 4 is 27.3 Å². The lowest BCUT2D eigenvalue weighted by molar-refractivity contribution is 0.316. The van der Waals surface area contributed by atoms with E-state index >= 15 is 0 Å². The first-order chi connectivity index (χ1) is 11.5. The highest BCUT2D eigenvalue weighted by Gasteiger charge is 2.20. The third kappa shape index (κ3) is 6.41. The zero-order chi connectivity index (χ0) is 17.4. The first kappa shape index (κ1) is 19.2. The number of nitrogens with one attached hydrogen (secondary N) is 3. The minimum Gasteiger partial charge on any atom is -0.356 e. The molecule has 0 spiro atoms. The number of guanidine groups is 1. The molecule has 0 amide bonds. The maximum absolute atomic E-state index is 12.0. The van der Waals surface area contributed by atoms with Crippen LogP contribution in [0.5, 0.6) is 0 Å². The molecule has 0 bridgehead atoms. The van der Waals surface area contributed by atoms with Crippen molar-refractivity contribution in [1.82, 2.24) is 15.4 Å². The van der Waals surface area contributed by atoms with Crippen LogP contribution in [0.3, 0.4) is 0 Å². The Morgan fingerprint density at radius 2 is 2.21 bits per heavy atom. The van der Waals surface area contributed by atoms with Gasteiger partial charge in [-0.25, -0.2) is 13.1 Å². The molecule has 0 radical (unpaired) electrons. The van der Waals surface area contributed by atoms with Gasteiger partial charge in [-0.05, 0) is 47.1 Å². The molecule has 1 unspecified atom stereocenters. The van der Waals surface area contributed by atoms with Gasteiger partial charge in [0.05, 0.1) is 5.75 Å². The standard InChI is InChI=1S/C16H28N4O2S2/c1-13(15-6-8-23-12-15)10-19-16(17-2)18-7-9-24(21,22)20-11-14-4-3-5-14/h6,8,12-14,20H,3-5,7,9-11H2,1-2H3,(H2,17,18,19). The van der Waals surface area contributed by atoms with E-state index in [9.17, 15) is 8.42 Å². The van der Waals surface area contributed by atoms with Gasteiger partial charge in [-0.1, -0.05) is 13.3 Å². The molecule has 2 rings (SSSR count). The third-order valence-electron chi connectivity index (χ3n) is 4.39. The third-order valence-corrected chi connectivity index (χ3v) is 6.44. The second-order valence-corrected chi connectivity index (χ2v) is 9.01. The topological polar surface area (TPSA) is 82.6 Å². The molecule has 1 aromatic heterocycles. The molecule has 6 nitrogen and oxygen atoms in total. The summed E-state index contributed by atoms with van der Waals surface area (Å²) in [7, 11) is -1.53. The van der Waals surface area contributed by atoms with Gasteiger partial charge in [0.25, 0.3) is 0 Å². The van der Waals surface area contributed by atoms with Gasteiger partial charge in [-0.3, -0.25) is 4.99 Å². The molecule has 24 heavy (non-hydrogen) atoms. The number of hydrogen-bond acceptors (Lipinski definition) is 4. The summed E-state index contributed by atoms with van der Waals surface area (Å²) in [6.45, 7) is 3.82. The van der Waals surface area contributed by atoms with Crippen LogP contribution in [-0.2, 0) is 10.0 Å². The number of thiophene rings is 1. The average Bonchev–Trinajstić information content (AvgIpc) is 3.03. The van der Waals surface area contributed by atoms with E-state index in [2.05, 4.69) is 44.1 Å². The summed E-state index contributed by atoms with van der Waals surface area (Å²) in [5.41, 5.74) is 1.30. The van der Waals surface area contributed by atoms with Crippen molar-refractivity contribution in [3.05, 3.63) is 22.4 Å². The summed E-state index contributed by atoms with van der Waals surface area (Å²) >= 11 is 1.69. The summed E-state index contributed by atoms with van der Waals surface area (Å²) in [4.78, 5) is 4.14. The Morgan fingerprint density at radius 1 is 1.42 bits per heavy atom. The summed E-state index contributed by atoms with van der Waals surface area (Å²) in [6, 6.07) is 2.12. The van der Waals surface area contributed by atoms with Crippen LogP contribution in [0.1, 0.15) is 37.7 Å². The van der Waals surface area contributed by atoms with Crippen molar-refractivity contribution < 1.29 is 8.42 Å². The number of nitrogens with zero attached hydrogens (tertiary/aromatic N) is 1. The van der Waals surface area contributed by atoms with Crippen LogP contribution in [0.15, 0.2) is 21.8 Å². The van der Waals surface area contributed by atoms with Crippen LogP contribution >= 0.6 is 11.3 Å². The monoisotopic (exact) mass is 372 g/mol. The first-order valence-corrected chi connectivity index (χ1v) is 11.0. The van der Waals surface area contributed by atoms with Crippen molar-refractivity contribution in [3.63, 3.8) is 0 Å². The molecular formula is C16H28N4O2S2. The van der Waals surface area contributed by atoms with Gasteiger partial charge in [0.2, 0.25) is 10.0 Å². The SMILES string of the molecule is CN=C(NCCS(=O)(=O)NCC1CCC1)NCC(C)c1ccsc1. The van der Waals surface area contributed by atoms with Crippen LogP contribution in [0.2, 0.25) is 0 Å². The lowest BCUT2D eigenvalue weighted by Gasteiger charge is -2.25. The predicted octanol–water partition coefficient (Wildman–Crippen LogP) is 1.74. The van der Waals surface area contributed by atoms with E-state index in [1.807, 2.05) is 0 Å². The quantitative estimate of drug-likeness (QED) is 0.455. The molecule has 1 aliphatic rings. The van der Waals surface area contributed by atoms with E-state index in [4.69, 9.17) is 0 Å². The lowest BCUT2D eigenvalue weighted by atomic mass is 9.86. The highest BCUT2D eigenvalue weighted by Crippen LogP contribution is 2.25. The zero-order valence-electron chi connectivity index (χ0n) is 14.4. The summed E-state index contributed by atoms with van der Waals surface area (Å²) in [5.74, 6) is 1.59. The van der Waals surface area contributed by atoms with Gasteiger partial charge in [0, 0.05) is 26.7 Å². The number of rotatable bonds is 9. The van der Waals surface area contributed by atoms with Crippen LogP contribution in [-0.4, -0.2) is 46.8 Å². The smallest absolute Gasteiger partial charge is 0.213 e. The summed E-state index contributed by atoms with van der Waals surface area (Å²) < 4.78 is 26.6. The summed E-state index contributed by atoms with van der Waals surface area (Å²) in [5, 5.41) is 10.5. The van der Waals surface area contributed by atoms with Gasteiger partial charge in [0.15, 0.2) is 5.96 Å². The van der Waals surface area contributed by atoms with Crippen LogP contribution in [0.25, 0.3) is 0 Å². The van der Waals surface area contributed by atoms with Crippen molar-refractivity contribution in [2.75, 3.05) is 32.4 Å². The molecule has 1 aliphatic carbocycles. The number of aliphatic imine (C=N–C) groups is 1. The molecular weight excluding hydrogens is 344 g/mol. The van der Waals surface area contributed by atoms with E-state index < -0.39 is 10.0 Å². The molecule has 0 aromatic carbocycles. The maximum Gasteiger partial charge on any atom is 0.213 e. The normalized spacial score (nSPS) is 17.3. The molecule has 3 N–H and O–H groups in total. The Bertz CT molecular complexity index is 610. The minimum absolute atomic E-state index is 0.0561. The molecule has 1 heterocycles. The van der Waals surface area contributed by atoms with E-state index in [1.165, 1.54) is 12.0 Å². The fraction of sp³-hybridized carbons (Fsp3) is 0.688. The highest BCUT2D eigenvalue weighted by molar-refractivity contribution is 7.89. The van der Waals surface area contributed by atoms with Gasteiger partial charge in [0.1, 0.15) is 0 Å². The van der Waals surface area contributed by atoms with Gasteiger partial charge >= 0.3 is 0 Å². The van der Waals surface area contributed by atoms with Crippen molar-refractivity contribution in [2.24, 2.45) is 10.9 Å². The van der Waals surface area contributed by atoms with Crippen molar-refractivity contribution in [3.8, 4) is 0 Å². The fourth-order valence-corrected chi connectivity index (χ4v) is 4.25. The molecule has 1 saturated carbocycles. The average molecular weight is 373 g/mol. The van der Waals surface area contributed by atoms with Gasteiger partial charge in [-0.2, -0.15) is 11.3 Å². The highest BCUT2D eigenvalue weighted by atomic mass is 32.2. The van der Waals surface area contributed by atoms with Crippen molar-refractivity contribution in [1.29, 1.82) is 0 Å². The fourth-order valence-electron chi connectivity index (χ4n) is 2.46. The van der Waals surface area contributed by atoms with Gasteiger partial charge in [-0.15, -0.1) is 0 Å². The molecule has 1 fully saturated rings. The Labute approximate surface area is 149 Å². The Balaban J connectivity index is 1.65.